The normalized spacial score (nSPS) is 32.1. The molecule has 2 aromatic carbocycles. The molecule has 2 fully saturated rings. The van der Waals surface area contributed by atoms with Gasteiger partial charge in [0.25, 0.3) is 0 Å². The molecule has 2 aliphatic rings. The Morgan fingerprint density at radius 1 is 0.689 bits per heavy atom. The van der Waals surface area contributed by atoms with Gasteiger partial charge in [-0.2, -0.15) is 0 Å². The van der Waals surface area contributed by atoms with Gasteiger partial charge in [0, 0.05) is 6.07 Å². The minimum Gasteiger partial charge on any atom is -0.504 e. The lowest BCUT2D eigenvalue weighted by molar-refractivity contribution is -0.323. The number of hydrogen-bond acceptors (Lipinski definition) is 18. The maximum absolute atomic E-state index is 13.1. The molecule has 12 N–H and O–H groups in total. The number of aliphatic hydroxyl groups is 7. The number of fused-ring (bicyclic) bond motifs is 1. The Hall–Kier alpha value is -3.95. The van der Waals surface area contributed by atoms with Crippen LogP contribution in [0.2, 0.25) is 0 Å². The molecule has 0 aliphatic carbocycles. The molecule has 1 aromatic heterocycles. The summed E-state index contributed by atoms with van der Waals surface area (Å²) >= 11 is 0. The molecule has 45 heavy (non-hydrogen) atoms. The quantitative estimate of drug-likeness (QED) is 0.114. The molecule has 0 saturated carbocycles. The van der Waals surface area contributed by atoms with E-state index in [0.29, 0.717) is 0 Å². The molecular weight excluding hydrogens is 612 g/mol. The Bertz CT molecular complexity index is 1580. The first-order valence-corrected chi connectivity index (χ1v) is 13.3. The molecule has 5 rings (SSSR count). The van der Waals surface area contributed by atoms with E-state index in [-0.39, 0.29) is 16.7 Å². The second kappa shape index (κ2) is 12.4. The van der Waals surface area contributed by atoms with E-state index >= 15 is 0 Å². The standard InChI is InChI=1S/C27H30O18/c28-4-13-18(34)21(37)23(39)26(43-13)42-6-14-19(35)22(38)24(40)27(44-14)45-25-10(30)1-7(2-11(25)31)8-5-41-12-3-9(29)17(33)20(36)15(12)16(8)32/h1-3,5,13-14,18-19,21-24,26-31,33-40H,4,6H2/t13-,14-,18-,19-,21+,22+,23-,24-,26-,27+/m1/s1. The number of aliphatic hydroxyl groups excluding tert-OH is 7. The molecule has 3 heterocycles. The second-order valence-corrected chi connectivity index (χ2v) is 10.5. The van der Waals surface area contributed by atoms with E-state index in [1.807, 2.05) is 0 Å². The van der Waals surface area contributed by atoms with E-state index in [1.54, 1.807) is 0 Å². The third-order valence-electron chi connectivity index (χ3n) is 7.53. The maximum Gasteiger partial charge on any atom is 0.229 e. The van der Waals surface area contributed by atoms with Crippen LogP contribution in [0.1, 0.15) is 0 Å². The maximum atomic E-state index is 13.1. The molecule has 0 radical (unpaired) electrons. The summed E-state index contributed by atoms with van der Waals surface area (Å²) in [5.41, 5.74) is -1.66. The largest absolute Gasteiger partial charge is 0.504 e. The van der Waals surface area contributed by atoms with Gasteiger partial charge in [-0.25, -0.2) is 0 Å². The lowest BCUT2D eigenvalue weighted by Gasteiger charge is -2.42. The van der Waals surface area contributed by atoms with Crippen LogP contribution in [0.5, 0.6) is 34.5 Å². The van der Waals surface area contributed by atoms with Crippen molar-refractivity contribution < 1.29 is 84.6 Å². The number of benzene rings is 2. The first-order chi connectivity index (χ1) is 21.2. The lowest BCUT2D eigenvalue weighted by Crippen LogP contribution is -2.62. The van der Waals surface area contributed by atoms with Gasteiger partial charge in [0.2, 0.25) is 23.2 Å². The number of phenolic OH excluding ortho intramolecular Hbond substituents is 5. The zero-order chi connectivity index (χ0) is 32.9. The van der Waals surface area contributed by atoms with Crippen LogP contribution < -0.4 is 10.2 Å². The van der Waals surface area contributed by atoms with Crippen LogP contribution in [0, 0.1) is 0 Å². The number of ether oxygens (including phenoxy) is 4. The van der Waals surface area contributed by atoms with Crippen LogP contribution in [0.25, 0.3) is 22.1 Å². The van der Waals surface area contributed by atoms with Crippen LogP contribution >= 0.6 is 0 Å². The molecule has 2 saturated heterocycles. The van der Waals surface area contributed by atoms with Crippen LogP contribution in [-0.2, 0) is 14.2 Å². The van der Waals surface area contributed by atoms with Gasteiger partial charge in [-0.3, -0.25) is 4.79 Å². The van der Waals surface area contributed by atoms with E-state index in [0.717, 1.165) is 24.5 Å². The van der Waals surface area contributed by atoms with Crippen molar-refractivity contribution in [2.75, 3.05) is 13.2 Å². The third-order valence-corrected chi connectivity index (χ3v) is 7.53. The van der Waals surface area contributed by atoms with Crippen molar-refractivity contribution in [1.29, 1.82) is 0 Å². The molecule has 10 atom stereocenters. The van der Waals surface area contributed by atoms with Gasteiger partial charge in [-0.15, -0.1) is 0 Å². The van der Waals surface area contributed by atoms with Gasteiger partial charge in [0.15, 0.2) is 29.3 Å². The Labute approximate surface area is 250 Å². The zero-order valence-corrected chi connectivity index (χ0v) is 22.8. The van der Waals surface area contributed by atoms with E-state index in [4.69, 9.17) is 23.4 Å². The fourth-order valence-electron chi connectivity index (χ4n) is 4.98. The van der Waals surface area contributed by atoms with Crippen LogP contribution in [0.4, 0.5) is 0 Å². The summed E-state index contributed by atoms with van der Waals surface area (Å²) in [6, 6.07) is 2.76. The molecule has 3 aromatic rings. The van der Waals surface area contributed by atoms with Gasteiger partial charge in [-0.1, -0.05) is 0 Å². The predicted molar refractivity (Wildman–Crippen MR) is 143 cm³/mol. The summed E-state index contributed by atoms with van der Waals surface area (Å²) in [6.07, 6.45) is -16.3. The highest BCUT2D eigenvalue weighted by atomic mass is 16.7. The highest BCUT2D eigenvalue weighted by molar-refractivity contribution is 5.91. The molecule has 246 valence electrons. The average Bonchev–Trinajstić information content (AvgIpc) is 3.00. The predicted octanol–water partition coefficient (Wildman–Crippen LogP) is -3.01. The number of hydrogen-bond donors (Lipinski definition) is 12. The number of aromatic hydroxyl groups is 5. The molecule has 0 amide bonds. The van der Waals surface area contributed by atoms with Gasteiger partial charge >= 0.3 is 0 Å². The average molecular weight is 643 g/mol. The Morgan fingerprint density at radius 2 is 1.27 bits per heavy atom. The highest BCUT2D eigenvalue weighted by Crippen LogP contribution is 2.43. The number of rotatable bonds is 7. The molecule has 0 spiro atoms. The molecular formula is C27H30O18. The van der Waals surface area contributed by atoms with Crippen molar-refractivity contribution in [2.24, 2.45) is 0 Å². The van der Waals surface area contributed by atoms with Crippen molar-refractivity contribution >= 4 is 11.0 Å². The fraction of sp³-hybridized carbons (Fsp3) is 0.444. The Morgan fingerprint density at radius 3 is 1.89 bits per heavy atom. The van der Waals surface area contributed by atoms with Crippen molar-refractivity contribution in [3.05, 3.63) is 34.7 Å². The van der Waals surface area contributed by atoms with Gasteiger partial charge < -0.3 is 84.6 Å². The summed E-state index contributed by atoms with van der Waals surface area (Å²) in [5, 5.41) is 121. The van der Waals surface area contributed by atoms with E-state index in [2.05, 4.69) is 0 Å². The third kappa shape index (κ3) is 5.79. The van der Waals surface area contributed by atoms with Crippen molar-refractivity contribution in [3.63, 3.8) is 0 Å². The number of phenols is 5. The topological polar surface area (TPSA) is 310 Å². The zero-order valence-electron chi connectivity index (χ0n) is 22.8. The van der Waals surface area contributed by atoms with Crippen LogP contribution in [-0.4, -0.2) is 136 Å². The van der Waals surface area contributed by atoms with Crippen molar-refractivity contribution in [3.8, 4) is 45.6 Å². The summed E-state index contributed by atoms with van der Waals surface area (Å²) in [7, 11) is 0. The second-order valence-electron chi connectivity index (χ2n) is 10.5. The van der Waals surface area contributed by atoms with Crippen molar-refractivity contribution in [1.82, 2.24) is 0 Å². The monoisotopic (exact) mass is 642 g/mol. The first-order valence-electron chi connectivity index (χ1n) is 13.3. The summed E-state index contributed by atoms with van der Waals surface area (Å²) in [5.74, 6) is -5.02. The van der Waals surface area contributed by atoms with Gasteiger partial charge in [-0.05, 0) is 17.7 Å². The summed E-state index contributed by atoms with van der Waals surface area (Å²) < 4.78 is 26.7. The minimum atomic E-state index is -1.96. The van der Waals surface area contributed by atoms with Crippen molar-refractivity contribution in [2.45, 2.75) is 61.4 Å². The molecule has 18 nitrogen and oxygen atoms in total. The minimum absolute atomic E-state index is 0.161. The lowest BCUT2D eigenvalue weighted by atomic mass is 9.98. The van der Waals surface area contributed by atoms with Gasteiger partial charge in [0.1, 0.15) is 66.1 Å². The molecule has 0 bridgehead atoms. The first kappa shape index (κ1) is 32.4. The van der Waals surface area contributed by atoms with Crippen LogP contribution in [0.3, 0.4) is 0 Å². The summed E-state index contributed by atoms with van der Waals surface area (Å²) in [4.78, 5) is 13.1. The smallest absolute Gasteiger partial charge is 0.229 e. The van der Waals surface area contributed by atoms with E-state index in [1.165, 1.54) is 0 Å². The highest BCUT2D eigenvalue weighted by Gasteiger charge is 2.48. The van der Waals surface area contributed by atoms with Crippen LogP contribution in [0.15, 0.2) is 33.7 Å². The SMILES string of the molecule is O=c1c(-c2cc(O)c(O[C@@H]3O[C@H](CO[C@@H]4O[C@H](CO)[C@@H](O)[C@H](O)[C@H]4O)[C@@H](O)[C@H](O)[C@H]3O)c(O)c2)coc2cc(O)c(O)c(O)c12. The van der Waals surface area contributed by atoms with E-state index < -0.39 is 120 Å². The van der Waals surface area contributed by atoms with Gasteiger partial charge in [0.05, 0.1) is 18.8 Å². The molecule has 0 unspecified atom stereocenters. The molecule has 2 aliphatic heterocycles. The fourth-order valence-corrected chi connectivity index (χ4v) is 4.98. The Kier molecular flexibility index (Phi) is 8.97. The molecule has 18 heteroatoms. The summed E-state index contributed by atoms with van der Waals surface area (Å²) in [6.45, 7) is -1.40. The van der Waals surface area contributed by atoms with E-state index in [9.17, 15) is 66.1 Å². The Balaban J connectivity index is 1.36.